The second-order valence-corrected chi connectivity index (χ2v) is 6.50. The van der Waals surface area contributed by atoms with Crippen LogP contribution in [0.5, 0.6) is 0 Å². The van der Waals surface area contributed by atoms with Gasteiger partial charge in [0.25, 0.3) is 5.91 Å². The average Bonchev–Trinajstić information content (AvgIpc) is 2.85. The van der Waals surface area contributed by atoms with E-state index in [1.807, 2.05) is 30.1 Å². The van der Waals surface area contributed by atoms with E-state index in [0.717, 1.165) is 11.3 Å². The molecule has 24 heavy (non-hydrogen) atoms. The van der Waals surface area contributed by atoms with Crippen LogP contribution in [0.25, 0.3) is 0 Å². The van der Waals surface area contributed by atoms with Gasteiger partial charge in [-0.3, -0.25) is 14.6 Å². The minimum absolute atomic E-state index is 0.00923. The summed E-state index contributed by atoms with van der Waals surface area (Å²) in [6.07, 6.45) is 4.58. The summed E-state index contributed by atoms with van der Waals surface area (Å²) < 4.78 is 0. The van der Waals surface area contributed by atoms with Gasteiger partial charge in [-0.05, 0) is 36.6 Å². The Kier molecular flexibility index (Phi) is 3.37. The Bertz CT molecular complexity index is 795. The third-order valence-electron chi connectivity index (χ3n) is 5.31. The molecule has 0 aliphatic carbocycles. The van der Waals surface area contributed by atoms with Crippen LogP contribution in [0.4, 0.5) is 5.69 Å². The molecule has 1 aromatic heterocycles. The molecule has 1 aromatic carbocycles. The molecule has 0 radical (unpaired) electrons. The fourth-order valence-electron chi connectivity index (χ4n) is 3.96. The van der Waals surface area contributed by atoms with Gasteiger partial charge in [0.15, 0.2) is 0 Å². The van der Waals surface area contributed by atoms with E-state index in [1.165, 1.54) is 0 Å². The number of piperidine rings is 1. The summed E-state index contributed by atoms with van der Waals surface area (Å²) in [5, 5.41) is 0. The molecule has 3 heterocycles. The minimum atomic E-state index is -0.475. The summed E-state index contributed by atoms with van der Waals surface area (Å²) in [5.41, 5.74) is 2.22. The van der Waals surface area contributed by atoms with Gasteiger partial charge in [-0.1, -0.05) is 18.2 Å². The number of likely N-dealkylation sites (tertiary alicyclic amines) is 1. The maximum Gasteiger partial charge on any atom is 0.255 e. The molecule has 0 unspecified atom stereocenters. The first-order valence-electron chi connectivity index (χ1n) is 8.20. The van der Waals surface area contributed by atoms with Crippen LogP contribution in [0.15, 0.2) is 48.8 Å². The van der Waals surface area contributed by atoms with Crippen molar-refractivity contribution in [3.63, 3.8) is 0 Å². The lowest BCUT2D eigenvalue weighted by Gasteiger charge is -2.38. The number of pyridine rings is 1. The molecule has 2 amide bonds. The Labute approximate surface area is 140 Å². The summed E-state index contributed by atoms with van der Waals surface area (Å²) in [6.45, 7) is 1.17. The molecule has 2 aromatic rings. The zero-order valence-electron chi connectivity index (χ0n) is 13.6. The minimum Gasteiger partial charge on any atom is -0.339 e. The number of carbonyl (C=O) groups excluding carboxylic acids is 2. The maximum absolute atomic E-state index is 12.9. The van der Waals surface area contributed by atoms with Gasteiger partial charge in [0, 0.05) is 38.2 Å². The molecular formula is C19H19N3O2. The number of amides is 2. The molecular weight excluding hydrogens is 302 g/mol. The number of para-hydroxylation sites is 1. The van der Waals surface area contributed by atoms with Gasteiger partial charge in [0.05, 0.1) is 11.0 Å². The lowest BCUT2D eigenvalue weighted by Crippen LogP contribution is -2.49. The summed E-state index contributed by atoms with van der Waals surface area (Å²) in [7, 11) is 1.84. The SMILES string of the molecule is CN1C(=O)C2(CCN(C(=O)c3cccnc3)CC2)c2ccccc21. The Morgan fingerprint density at radius 1 is 1.12 bits per heavy atom. The fourth-order valence-corrected chi connectivity index (χ4v) is 3.96. The van der Waals surface area contributed by atoms with E-state index in [4.69, 9.17) is 0 Å². The Hall–Kier alpha value is -2.69. The van der Waals surface area contributed by atoms with E-state index in [2.05, 4.69) is 11.1 Å². The van der Waals surface area contributed by atoms with Crippen molar-refractivity contribution in [2.24, 2.45) is 0 Å². The third-order valence-corrected chi connectivity index (χ3v) is 5.31. The number of aromatic nitrogens is 1. The highest BCUT2D eigenvalue weighted by atomic mass is 16.2. The van der Waals surface area contributed by atoms with Gasteiger partial charge >= 0.3 is 0 Å². The molecule has 0 N–H and O–H groups in total. The molecule has 2 aliphatic rings. The fraction of sp³-hybridized carbons (Fsp3) is 0.316. The first kappa shape index (κ1) is 14.9. The summed E-state index contributed by atoms with van der Waals surface area (Å²) in [6, 6.07) is 11.5. The zero-order chi connectivity index (χ0) is 16.7. The molecule has 2 aliphatic heterocycles. The topological polar surface area (TPSA) is 53.5 Å². The second-order valence-electron chi connectivity index (χ2n) is 6.50. The first-order chi connectivity index (χ1) is 11.6. The normalized spacial score (nSPS) is 18.8. The molecule has 4 rings (SSSR count). The van der Waals surface area contributed by atoms with Crippen molar-refractivity contribution >= 4 is 17.5 Å². The lowest BCUT2D eigenvalue weighted by atomic mass is 9.73. The van der Waals surface area contributed by atoms with Gasteiger partial charge in [-0.15, -0.1) is 0 Å². The monoisotopic (exact) mass is 321 g/mol. The number of rotatable bonds is 1. The zero-order valence-corrected chi connectivity index (χ0v) is 13.6. The van der Waals surface area contributed by atoms with Crippen molar-refractivity contribution in [1.82, 2.24) is 9.88 Å². The van der Waals surface area contributed by atoms with E-state index in [0.29, 0.717) is 31.5 Å². The van der Waals surface area contributed by atoms with Gasteiger partial charge in [0.2, 0.25) is 5.91 Å². The van der Waals surface area contributed by atoms with Crippen LogP contribution in [-0.2, 0) is 10.2 Å². The van der Waals surface area contributed by atoms with Gasteiger partial charge in [-0.25, -0.2) is 0 Å². The predicted octanol–water partition coefficient (Wildman–Crippen LogP) is 2.23. The van der Waals surface area contributed by atoms with Crippen LogP contribution >= 0.6 is 0 Å². The smallest absolute Gasteiger partial charge is 0.255 e. The Morgan fingerprint density at radius 3 is 2.58 bits per heavy atom. The van der Waals surface area contributed by atoms with E-state index >= 15 is 0 Å². The van der Waals surface area contributed by atoms with Crippen molar-refractivity contribution in [1.29, 1.82) is 0 Å². The van der Waals surface area contributed by atoms with E-state index in [9.17, 15) is 9.59 Å². The van der Waals surface area contributed by atoms with Crippen molar-refractivity contribution in [3.8, 4) is 0 Å². The molecule has 0 atom stereocenters. The number of nitrogens with zero attached hydrogens (tertiary/aromatic N) is 3. The summed E-state index contributed by atoms with van der Waals surface area (Å²) >= 11 is 0. The predicted molar refractivity (Wildman–Crippen MR) is 90.9 cm³/mol. The highest BCUT2D eigenvalue weighted by Crippen LogP contribution is 2.47. The molecule has 5 nitrogen and oxygen atoms in total. The number of benzene rings is 1. The van der Waals surface area contributed by atoms with Crippen molar-refractivity contribution in [2.45, 2.75) is 18.3 Å². The van der Waals surface area contributed by atoms with Gasteiger partial charge < -0.3 is 9.80 Å². The summed E-state index contributed by atoms with van der Waals surface area (Å²) in [4.78, 5) is 33.1. The molecule has 0 bridgehead atoms. The number of fused-ring (bicyclic) bond motifs is 2. The number of anilines is 1. The molecule has 1 spiro atoms. The molecule has 122 valence electrons. The highest BCUT2D eigenvalue weighted by molar-refractivity contribution is 6.08. The van der Waals surface area contributed by atoms with E-state index in [-0.39, 0.29) is 11.8 Å². The Balaban J connectivity index is 1.58. The molecule has 1 saturated heterocycles. The number of hydrogen-bond acceptors (Lipinski definition) is 3. The highest BCUT2D eigenvalue weighted by Gasteiger charge is 2.51. The quantitative estimate of drug-likeness (QED) is 0.809. The Morgan fingerprint density at radius 2 is 1.88 bits per heavy atom. The van der Waals surface area contributed by atoms with Crippen molar-refractivity contribution in [2.75, 3.05) is 25.0 Å². The van der Waals surface area contributed by atoms with Crippen molar-refractivity contribution < 1.29 is 9.59 Å². The lowest BCUT2D eigenvalue weighted by molar-refractivity contribution is -0.124. The summed E-state index contributed by atoms with van der Waals surface area (Å²) in [5.74, 6) is 0.141. The number of likely N-dealkylation sites (N-methyl/N-ethyl adjacent to an activating group) is 1. The van der Waals surface area contributed by atoms with E-state index < -0.39 is 5.41 Å². The average molecular weight is 321 g/mol. The number of carbonyl (C=O) groups is 2. The largest absolute Gasteiger partial charge is 0.339 e. The maximum atomic E-state index is 12.9. The van der Waals surface area contributed by atoms with Crippen LogP contribution in [-0.4, -0.2) is 41.8 Å². The molecule has 1 fully saturated rings. The standard InChI is InChI=1S/C19H19N3O2/c1-21-16-7-3-2-6-15(16)19(18(21)24)8-11-22(12-9-19)17(23)14-5-4-10-20-13-14/h2-7,10,13H,8-9,11-12H2,1H3. The first-order valence-corrected chi connectivity index (χ1v) is 8.20. The van der Waals surface area contributed by atoms with Crippen LogP contribution < -0.4 is 4.90 Å². The second kappa shape index (κ2) is 5.44. The molecule has 0 saturated carbocycles. The van der Waals surface area contributed by atoms with Crippen LogP contribution in [0.1, 0.15) is 28.8 Å². The molecule has 5 heteroatoms. The third kappa shape index (κ3) is 2.04. The van der Waals surface area contributed by atoms with Crippen LogP contribution in [0.2, 0.25) is 0 Å². The van der Waals surface area contributed by atoms with Gasteiger partial charge in [0.1, 0.15) is 0 Å². The van der Waals surface area contributed by atoms with E-state index in [1.54, 1.807) is 29.4 Å². The number of hydrogen-bond donors (Lipinski definition) is 0. The van der Waals surface area contributed by atoms with Crippen LogP contribution in [0.3, 0.4) is 0 Å². The van der Waals surface area contributed by atoms with Crippen molar-refractivity contribution in [3.05, 3.63) is 59.9 Å². The van der Waals surface area contributed by atoms with Crippen LogP contribution in [0, 0.1) is 0 Å². The van der Waals surface area contributed by atoms with Gasteiger partial charge in [-0.2, -0.15) is 0 Å².